The largest absolute Gasteiger partial charge is 0.507 e. The number of hydrogen-bond acceptors (Lipinski definition) is 7. The van der Waals surface area contributed by atoms with Crippen LogP contribution in [0, 0.1) is 10.1 Å². The zero-order valence-electron chi connectivity index (χ0n) is 17.8. The Labute approximate surface area is 184 Å². The molecule has 1 unspecified atom stereocenters. The predicted molar refractivity (Wildman–Crippen MR) is 116 cm³/mol. The van der Waals surface area contributed by atoms with Crippen LogP contribution in [-0.2, 0) is 9.59 Å². The zero-order chi connectivity index (χ0) is 23.4. The van der Waals surface area contributed by atoms with E-state index in [4.69, 9.17) is 4.74 Å². The first kappa shape index (κ1) is 22.8. The van der Waals surface area contributed by atoms with Crippen molar-refractivity contribution in [2.45, 2.75) is 32.2 Å². The third kappa shape index (κ3) is 4.27. The minimum atomic E-state index is -0.956. The first-order valence-electron chi connectivity index (χ1n) is 10.2. The Morgan fingerprint density at radius 1 is 1.19 bits per heavy atom. The molecule has 3 rings (SSSR count). The minimum absolute atomic E-state index is 0.0495. The molecule has 9 nitrogen and oxygen atoms in total. The smallest absolute Gasteiger partial charge is 0.295 e. The van der Waals surface area contributed by atoms with Gasteiger partial charge in [-0.2, -0.15) is 0 Å². The number of ether oxygens (including phenoxy) is 1. The molecule has 0 saturated carbocycles. The number of aromatic hydroxyl groups is 1. The summed E-state index contributed by atoms with van der Waals surface area (Å²) in [5.41, 5.74) is 0.0147. The first-order valence-corrected chi connectivity index (χ1v) is 10.2. The van der Waals surface area contributed by atoms with Gasteiger partial charge >= 0.3 is 0 Å². The number of benzene rings is 2. The van der Waals surface area contributed by atoms with E-state index in [1.54, 1.807) is 6.07 Å². The Kier molecular flexibility index (Phi) is 6.77. The number of likely N-dealkylation sites (tertiary alicyclic amines) is 1. The molecule has 1 aliphatic heterocycles. The first-order chi connectivity index (χ1) is 15.3. The standard InChI is InChI=1S/C23H24N2O7/c1-3-4-5-11-24-20(14-9-10-18(32-2)17(26)13-14)19(22(28)23(24)29)21(27)15-7-6-8-16(12-15)25(30)31/h6-10,12-13,20,26-27H,3-5,11H2,1-2H3/b21-19-. The van der Waals surface area contributed by atoms with Gasteiger partial charge in [0, 0.05) is 24.2 Å². The number of carbonyl (C=O) groups excluding carboxylic acids is 2. The van der Waals surface area contributed by atoms with Crippen LogP contribution in [0.3, 0.4) is 0 Å². The number of phenols is 1. The number of amides is 1. The van der Waals surface area contributed by atoms with Gasteiger partial charge in [-0.05, 0) is 24.1 Å². The second kappa shape index (κ2) is 9.51. The number of aliphatic hydroxyl groups is 1. The fourth-order valence-corrected chi connectivity index (χ4v) is 3.79. The number of nitro benzene ring substituents is 1. The van der Waals surface area contributed by atoms with E-state index in [1.807, 2.05) is 6.92 Å². The van der Waals surface area contributed by atoms with E-state index in [1.165, 1.54) is 42.3 Å². The van der Waals surface area contributed by atoms with E-state index in [9.17, 15) is 29.9 Å². The zero-order valence-corrected chi connectivity index (χ0v) is 17.8. The molecule has 1 saturated heterocycles. The quantitative estimate of drug-likeness (QED) is 0.159. The number of carbonyl (C=O) groups is 2. The molecule has 168 valence electrons. The molecule has 32 heavy (non-hydrogen) atoms. The summed E-state index contributed by atoms with van der Waals surface area (Å²) < 4.78 is 5.07. The SMILES string of the molecule is CCCCCN1C(=O)C(=O)/C(=C(\O)c2cccc([N+](=O)[O-])c2)C1c1ccc(OC)c(O)c1. The molecule has 0 bridgehead atoms. The number of hydrogen-bond donors (Lipinski definition) is 2. The molecule has 0 aromatic heterocycles. The maximum Gasteiger partial charge on any atom is 0.295 e. The van der Waals surface area contributed by atoms with E-state index >= 15 is 0 Å². The van der Waals surface area contributed by atoms with Crippen LogP contribution < -0.4 is 4.74 Å². The van der Waals surface area contributed by atoms with Gasteiger partial charge < -0.3 is 19.8 Å². The van der Waals surface area contributed by atoms with Gasteiger partial charge in [-0.1, -0.05) is 38.0 Å². The summed E-state index contributed by atoms with van der Waals surface area (Å²) in [6.07, 6.45) is 2.40. The second-order valence-electron chi connectivity index (χ2n) is 7.44. The number of unbranched alkanes of at least 4 members (excludes halogenated alkanes) is 2. The van der Waals surface area contributed by atoms with Crippen LogP contribution in [0.5, 0.6) is 11.5 Å². The molecule has 0 spiro atoms. The number of rotatable bonds is 8. The fraction of sp³-hybridized carbons (Fsp3) is 0.304. The van der Waals surface area contributed by atoms with Gasteiger partial charge in [0.15, 0.2) is 11.5 Å². The molecule has 2 aromatic rings. The highest BCUT2D eigenvalue weighted by atomic mass is 16.6. The highest BCUT2D eigenvalue weighted by Crippen LogP contribution is 2.42. The van der Waals surface area contributed by atoms with E-state index < -0.39 is 28.4 Å². The van der Waals surface area contributed by atoms with Crippen LogP contribution in [0.15, 0.2) is 48.0 Å². The van der Waals surface area contributed by atoms with Crippen molar-refractivity contribution in [2.75, 3.05) is 13.7 Å². The van der Waals surface area contributed by atoms with Crippen molar-refractivity contribution < 1.29 is 29.5 Å². The number of ketones is 1. The van der Waals surface area contributed by atoms with Crippen LogP contribution >= 0.6 is 0 Å². The third-order valence-corrected chi connectivity index (χ3v) is 5.39. The average Bonchev–Trinajstić information content (AvgIpc) is 3.03. The van der Waals surface area contributed by atoms with Crippen LogP contribution in [-0.4, -0.2) is 45.4 Å². The third-order valence-electron chi connectivity index (χ3n) is 5.39. The molecular weight excluding hydrogens is 416 g/mol. The lowest BCUT2D eigenvalue weighted by molar-refractivity contribution is -0.384. The fourth-order valence-electron chi connectivity index (χ4n) is 3.79. The average molecular weight is 440 g/mol. The van der Waals surface area contributed by atoms with Gasteiger partial charge in [0.05, 0.1) is 23.6 Å². The van der Waals surface area contributed by atoms with E-state index in [0.29, 0.717) is 12.0 Å². The Morgan fingerprint density at radius 2 is 1.94 bits per heavy atom. The lowest BCUT2D eigenvalue weighted by atomic mass is 9.94. The van der Waals surface area contributed by atoms with Crippen molar-refractivity contribution >= 4 is 23.1 Å². The van der Waals surface area contributed by atoms with Crippen molar-refractivity contribution in [3.05, 3.63) is 69.3 Å². The van der Waals surface area contributed by atoms with Crippen LogP contribution in [0.4, 0.5) is 5.69 Å². The second-order valence-corrected chi connectivity index (χ2v) is 7.44. The number of non-ortho nitro benzene ring substituents is 1. The Bertz CT molecular complexity index is 1090. The van der Waals surface area contributed by atoms with Crippen LogP contribution in [0.2, 0.25) is 0 Å². The van der Waals surface area contributed by atoms with Gasteiger partial charge in [-0.25, -0.2) is 0 Å². The summed E-state index contributed by atoms with van der Waals surface area (Å²) >= 11 is 0. The molecule has 9 heteroatoms. The summed E-state index contributed by atoms with van der Waals surface area (Å²) in [5, 5.41) is 32.4. The molecule has 0 aliphatic carbocycles. The van der Waals surface area contributed by atoms with Crippen molar-refractivity contribution in [3.63, 3.8) is 0 Å². The normalized spacial score (nSPS) is 17.6. The lowest BCUT2D eigenvalue weighted by Gasteiger charge is -2.25. The minimum Gasteiger partial charge on any atom is -0.507 e. The molecular formula is C23H24N2O7. The van der Waals surface area contributed by atoms with Crippen molar-refractivity contribution in [1.82, 2.24) is 4.90 Å². The molecule has 2 aromatic carbocycles. The molecule has 2 N–H and O–H groups in total. The van der Waals surface area contributed by atoms with E-state index in [2.05, 4.69) is 0 Å². The number of phenolic OH excluding ortho intramolecular Hbond substituents is 1. The van der Waals surface area contributed by atoms with Gasteiger partial charge in [0.25, 0.3) is 17.4 Å². The molecule has 1 atom stereocenters. The monoisotopic (exact) mass is 440 g/mol. The van der Waals surface area contributed by atoms with Crippen LogP contribution in [0.1, 0.15) is 43.4 Å². The number of Topliss-reactive ketones (excluding diaryl/α,β-unsaturated/α-hetero) is 1. The van der Waals surface area contributed by atoms with Gasteiger partial charge in [-0.15, -0.1) is 0 Å². The predicted octanol–water partition coefficient (Wildman–Crippen LogP) is 3.92. The Morgan fingerprint density at radius 3 is 2.56 bits per heavy atom. The Hall–Kier alpha value is -3.88. The highest BCUT2D eigenvalue weighted by Gasteiger charge is 2.46. The van der Waals surface area contributed by atoms with E-state index in [0.717, 1.165) is 18.9 Å². The number of aliphatic hydroxyl groups excluding tert-OH is 1. The van der Waals surface area contributed by atoms with Gasteiger partial charge in [0.1, 0.15) is 5.76 Å². The van der Waals surface area contributed by atoms with E-state index in [-0.39, 0.29) is 34.9 Å². The number of nitrogens with zero attached hydrogens (tertiary/aromatic N) is 2. The summed E-state index contributed by atoms with van der Waals surface area (Å²) in [5.74, 6) is -2.13. The summed E-state index contributed by atoms with van der Waals surface area (Å²) in [7, 11) is 1.40. The summed E-state index contributed by atoms with van der Waals surface area (Å²) in [6, 6.07) is 8.74. The van der Waals surface area contributed by atoms with Crippen molar-refractivity contribution in [1.29, 1.82) is 0 Å². The summed E-state index contributed by atoms with van der Waals surface area (Å²) in [4.78, 5) is 37.7. The maximum atomic E-state index is 12.9. The molecule has 0 radical (unpaired) electrons. The molecule has 1 heterocycles. The molecule has 1 fully saturated rings. The van der Waals surface area contributed by atoms with Gasteiger partial charge in [-0.3, -0.25) is 19.7 Å². The van der Waals surface area contributed by atoms with Crippen molar-refractivity contribution in [2.24, 2.45) is 0 Å². The number of methoxy groups -OCH3 is 1. The van der Waals surface area contributed by atoms with Crippen molar-refractivity contribution in [3.8, 4) is 11.5 Å². The lowest BCUT2D eigenvalue weighted by Crippen LogP contribution is -2.30. The van der Waals surface area contributed by atoms with Gasteiger partial charge in [0.2, 0.25) is 0 Å². The topological polar surface area (TPSA) is 130 Å². The molecule has 1 aliphatic rings. The number of nitro groups is 1. The highest BCUT2D eigenvalue weighted by molar-refractivity contribution is 6.46. The molecule has 1 amide bonds. The maximum absolute atomic E-state index is 12.9. The van der Waals surface area contributed by atoms with Crippen LogP contribution in [0.25, 0.3) is 5.76 Å². The summed E-state index contributed by atoms with van der Waals surface area (Å²) in [6.45, 7) is 2.29. The Balaban J connectivity index is 2.17.